The van der Waals surface area contributed by atoms with E-state index in [4.69, 9.17) is 0 Å². The average Bonchev–Trinajstić information content (AvgIpc) is 2.44. The van der Waals surface area contributed by atoms with Crippen LogP contribution in [0.2, 0.25) is 0 Å². The Labute approximate surface area is 91.5 Å². The molecule has 1 fully saturated rings. The normalized spacial score (nSPS) is 27.3. The first kappa shape index (κ1) is 10.7. The number of hydrogen-bond acceptors (Lipinski definition) is 0. The van der Waals surface area contributed by atoms with Crippen molar-refractivity contribution in [2.24, 2.45) is 0 Å². The van der Waals surface area contributed by atoms with Crippen molar-refractivity contribution in [3.05, 3.63) is 35.4 Å². The van der Waals surface area contributed by atoms with E-state index < -0.39 is 6.17 Å². The minimum absolute atomic E-state index is 0.146. The molecule has 2 atom stereocenters. The van der Waals surface area contributed by atoms with Crippen LogP contribution in [0.15, 0.2) is 24.3 Å². The van der Waals surface area contributed by atoms with Crippen molar-refractivity contribution < 1.29 is 4.39 Å². The van der Waals surface area contributed by atoms with Gasteiger partial charge in [-0.15, -0.1) is 0 Å². The summed E-state index contributed by atoms with van der Waals surface area (Å²) in [4.78, 5) is 0. The van der Waals surface area contributed by atoms with Gasteiger partial charge in [-0.2, -0.15) is 0 Å². The Balaban J connectivity index is 2.16. The number of benzene rings is 1. The van der Waals surface area contributed by atoms with Crippen LogP contribution in [0.1, 0.15) is 49.1 Å². The van der Waals surface area contributed by atoms with E-state index >= 15 is 0 Å². The van der Waals surface area contributed by atoms with Crippen molar-refractivity contribution in [1.82, 2.24) is 0 Å². The minimum atomic E-state index is -0.629. The molecule has 0 amide bonds. The summed E-state index contributed by atoms with van der Waals surface area (Å²) in [6.45, 7) is 2.07. The molecule has 1 heteroatoms. The van der Waals surface area contributed by atoms with Gasteiger partial charge in [0.15, 0.2) is 0 Å². The highest BCUT2D eigenvalue weighted by Crippen LogP contribution is 2.33. The standard InChI is InChI=1S/C14H19F/c1-11-7-9-12(10-8-11)13-5-3-2-4-6-14(13)15/h7-10,13-14H,2-6H2,1H3. The number of halogens is 1. The number of alkyl halides is 1. The van der Waals surface area contributed by atoms with Crippen molar-refractivity contribution >= 4 is 0 Å². The number of hydrogen-bond donors (Lipinski definition) is 0. The summed E-state index contributed by atoms with van der Waals surface area (Å²) in [7, 11) is 0. The van der Waals surface area contributed by atoms with Crippen LogP contribution in [-0.4, -0.2) is 6.17 Å². The zero-order chi connectivity index (χ0) is 10.7. The van der Waals surface area contributed by atoms with E-state index in [1.54, 1.807) is 0 Å². The maximum atomic E-state index is 13.9. The van der Waals surface area contributed by atoms with Crippen molar-refractivity contribution in [3.63, 3.8) is 0 Å². The van der Waals surface area contributed by atoms with Crippen LogP contribution in [-0.2, 0) is 0 Å². The summed E-state index contributed by atoms with van der Waals surface area (Å²) in [5, 5.41) is 0. The van der Waals surface area contributed by atoms with E-state index in [0.717, 1.165) is 19.3 Å². The van der Waals surface area contributed by atoms with Gasteiger partial charge in [-0.3, -0.25) is 0 Å². The molecular formula is C14H19F. The smallest absolute Gasteiger partial charge is 0.107 e. The highest BCUT2D eigenvalue weighted by Gasteiger charge is 2.24. The van der Waals surface area contributed by atoms with Gasteiger partial charge in [0.25, 0.3) is 0 Å². The van der Waals surface area contributed by atoms with Crippen LogP contribution in [0.25, 0.3) is 0 Å². The van der Waals surface area contributed by atoms with Gasteiger partial charge in [0, 0.05) is 5.92 Å². The quantitative estimate of drug-likeness (QED) is 0.598. The van der Waals surface area contributed by atoms with Crippen LogP contribution >= 0.6 is 0 Å². The van der Waals surface area contributed by atoms with Crippen molar-refractivity contribution in [2.45, 2.75) is 51.1 Å². The monoisotopic (exact) mass is 206 g/mol. The first-order valence-corrected chi connectivity index (χ1v) is 5.98. The lowest BCUT2D eigenvalue weighted by Gasteiger charge is -2.18. The van der Waals surface area contributed by atoms with Gasteiger partial charge >= 0.3 is 0 Å². The Bertz CT molecular complexity index is 302. The molecule has 0 N–H and O–H groups in total. The number of aryl methyl sites for hydroxylation is 1. The van der Waals surface area contributed by atoms with Crippen LogP contribution in [0.3, 0.4) is 0 Å². The van der Waals surface area contributed by atoms with Crippen LogP contribution in [0.4, 0.5) is 4.39 Å². The van der Waals surface area contributed by atoms with E-state index in [2.05, 4.69) is 31.2 Å². The lowest BCUT2D eigenvalue weighted by Crippen LogP contribution is -2.12. The van der Waals surface area contributed by atoms with Gasteiger partial charge in [-0.25, -0.2) is 4.39 Å². The third kappa shape index (κ3) is 2.58. The second-order valence-corrected chi connectivity index (χ2v) is 4.67. The summed E-state index contributed by atoms with van der Waals surface area (Å²) in [6, 6.07) is 8.37. The molecule has 0 nitrogen and oxygen atoms in total. The zero-order valence-electron chi connectivity index (χ0n) is 9.38. The molecule has 0 radical (unpaired) electrons. The Hall–Kier alpha value is -0.850. The van der Waals surface area contributed by atoms with Crippen LogP contribution < -0.4 is 0 Å². The topological polar surface area (TPSA) is 0 Å². The molecular weight excluding hydrogens is 187 g/mol. The highest BCUT2D eigenvalue weighted by atomic mass is 19.1. The maximum Gasteiger partial charge on any atom is 0.107 e. The van der Waals surface area contributed by atoms with Crippen LogP contribution in [0.5, 0.6) is 0 Å². The van der Waals surface area contributed by atoms with Crippen molar-refractivity contribution in [2.75, 3.05) is 0 Å². The van der Waals surface area contributed by atoms with Gasteiger partial charge in [0.05, 0.1) is 0 Å². The molecule has 0 spiro atoms. The molecule has 0 bridgehead atoms. The third-order valence-corrected chi connectivity index (χ3v) is 3.44. The largest absolute Gasteiger partial charge is 0.247 e. The Morgan fingerprint density at radius 2 is 1.67 bits per heavy atom. The van der Waals surface area contributed by atoms with E-state index in [-0.39, 0.29) is 5.92 Å². The fraction of sp³-hybridized carbons (Fsp3) is 0.571. The predicted molar refractivity (Wildman–Crippen MR) is 61.9 cm³/mol. The van der Waals surface area contributed by atoms with Gasteiger partial charge in [0.1, 0.15) is 6.17 Å². The Morgan fingerprint density at radius 3 is 2.40 bits per heavy atom. The molecule has 0 aromatic heterocycles. The van der Waals surface area contributed by atoms with Gasteiger partial charge in [0.2, 0.25) is 0 Å². The SMILES string of the molecule is Cc1ccc(C2CCCCCC2F)cc1. The van der Waals surface area contributed by atoms with Gasteiger partial charge in [-0.05, 0) is 25.3 Å². The molecule has 1 aliphatic rings. The number of rotatable bonds is 1. The second-order valence-electron chi connectivity index (χ2n) is 4.67. The molecule has 82 valence electrons. The van der Waals surface area contributed by atoms with E-state index in [1.165, 1.54) is 24.0 Å². The highest BCUT2D eigenvalue weighted by molar-refractivity contribution is 5.25. The molecule has 0 heterocycles. The second kappa shape index (κ2) is 4.78. The van der Waals surface area contributed by atoms with Gasteiger partial charge < -0.3 is 0 Å². The minimum Gasteiger partial charge on any atom is -0.247 e. The third-order valence-electron chi connectivity index (χ3n) is 3.44. The fourth-order valence-corrected chi connectivity index (χ4v) is 2.45. The Kier molecular flexibility index (Phi) is 3.40. The summed E-state index contributed by atoms with van der Waals surface area (Å²) in [5.41, 5.74) is 2.44. The lowest BCUT2D eigenvalue weighted by molar-refractivity contribution is 0.266. The van der Waals surface area contributed by atoms with Crippen molar-refractivity contribution in [1.29, 1.82) is 0 Å². The first-order chi connectivity index (χ1) is 7.27. The zero-order valence-corrected chi connectivity index (χ0v) is 9.38. The average molecular weight is 206 g/mol. The molecule has 0 saturated heterocycles. The fourth-order valence-electron chi connectivity index (χ4n) is 2.45. The molecule has 2 rings (SSSR count). The molecule has 1 aromatic rings. The first-order valence-electron chi connectivity index (χ1n) is 5.98. The summed E-state index contributed by atoms with van der Waals surface area (Å²) in [5.74, 6) is 0.146. The van der Waals surface area contributed by atoms with Gasteiger partial charge in [-0.1, -0.05) is 49.1 Å². The van der Waals surface area contributed by atoms with Crippen molar-refractivity contribution in [3.8, 4) is 0 Å². The summed E-state index contributed by atoms with van der Waals surface area (Å²) < 4.78 is 13.9. The molecule has 0 aliphatic heterocycles. The Morgan fingerprint density at radius 1 is 1.00 bits per heavy atom. The summed E-state index contributed by atoms with van der Waals surface area (Å²) in [6.07, 6.45) is 4.57. The van der Waals surface area contributed by atoms with E-state index in [0.29, 0.717) is 0 Å². The maximum absolute atomic E-state index is 13.9. The van der Waals surface area contributed by atoms with E-state index in [9.17, 15) is 4.39 Å². The van der Waals surface area contributed by atoms with E-state index in [1.807, 2.05) is 0 Å². The van der Waals surface area contributed by atoms with Crippen LogP contribution in [0, 0.1) is 6.92 Å². The lowest BCUT2D eigenvalue weighted by atomic mass is 9.90. The molecule has 1 saturated carbocycles. The molecule has 15 heavy (non-hydrogen) atoms. The predicted octanol–water partition coefficient (Wildman–Crippen LogP) is 4.38. The molecule has 2 unspecified atom stereocenters. The molecule has 1 aromatic carbocycles. The molecule has 1 aliphatic carbocycles. The summed E-state index contributed by atoms with van der Waals surface area (Å²) >= 11 is 0.